The molecule has 0 unspecified atom stereocenters. The molecule has 84 valence electrons. The Balaban J connectivity index is 2.96. The van der Waals surface area contributed by atoms with Crippen LogP contribution in [0.25, 0.3) is 0 Å². The summed E-state index contributed by atoms with van der Waals surface area (Å²) in [7, 11) is -5.26. The Bertz CT molecular complexity index is 432. The van der Waals surface area contributed by atoms with E-state index in [0.717, 1.165) is 12.1 Å². The molecule has 0 amide bonds. The van der Waals surface area contributed by atoms with Gasteiger partial charge in [0, 0.05) is 0 Å². The zero-order valence-electron chi connectivity index (χ0n) is 7.06. The van der Waals surface area contributed by atoms with E-state index in [1.54, 1.807) is 0 Å². The van der Waals surface area contributed by atoms with E-state index in [1.165, 1.54) is 12.1 Å². The lowest BCUT2D eigenvalue weighted by Gasteiger charge is -2.08. The van der Waals surface area contributed by atoms with Gasteiger partial charge in [0.1, 0.15) is 0 Å². The van der Waals surface area contributed by atoms with Gasteiger partial charge in [-0.25, -0.2) is 0 Å². The Hall–Kier alpha value is -1.44. The summed E-state index contributed by atoms with van der Waals surface area (Å²) in [5, 5.41) is 0. The minimum Gasteiger partial charge on any atom is -0.431 e. The highest BCUT2D eigenvalue weighted by Gasteiger charge is 2.16. The zero-order valence-corrected chi connectivity index (χ0v) is 7.88. The van der Waals surface area contributed by atoms with Crippen molar-refractivity contribution in [2.75, 3.05) is 0 Å². The normalized spacial score (nSPS) is 11.5. The maximum Gasteiger partial charge on any atom is 0.488 e. The lowest BCUT2D eigenvalue weighted by atomic mass is 10.3. The van der Waals surface area contributed by atoms with Gasteiger partial charge in [-0.15, -0.1) is 0 Å². The van der Waals surface area contributed by atoms with E-state index >= 15 is 0 Å². The minimum absolute atomic E-state index is 0.561. The molecule has 0 spiro atoms. The Morgan fingerprint density at radius 1 is 1.13 bits per heavy atom. The molecule has 0 aromatic heterocycles. The number of benzene rings is 1. The molecule has 0 saturated carbocycles. The van der Waals surface area contributed by atoms with E-state index in [9.17, 15) is 21.1 Å². The van der Waals surface area contributed by atoms with Crippen molar-refractivity contribution in [3.05, 3.63) is 24.3 Å². The average Bonchev–Trinajstić information content (AvgIpc) is 2.05. The van der Waals surface area contributed by atoms with Crippen LogP contribution < -0.4 is 8.92 Å². The van der Waals surface area contributed by atoms with Crippen molar-refractivity contribution >= 4 is 10.5 Å². The van der Waals surface area contributed by atoms with E-state index in [0.29, 0.717) is 0 Å². The highest BCUT2D eigenvalue weighted by atomic mass is 32.3. The molecule has 0 radical (unpaired) electrons. The number of hydrogen-bond donors (Lipinski definition) is 0. The summed E-state index contributed by atoms with van der Waals surface area (Å²) in [5.74, 6) is -1.20. The van der Waals surface area contributed by atoms with Crippen LogP contribution in [-0.2, 0) is 10.5 Å². The van der Waals surface area contributed by atoms with Crippen LogP contribution in [0.3, 0.4) is 0 Å². The Kier molecular flexibility index (Phi) is 3.40. The van der Waals surface area contributed by atoms with Crippen molar-refractivity contribution in [1.82, 2.24) is 0 Å². The van der Waals surface area contributed by atoms with Crippen LogP contribution in [0, 0.1) is 0 Å². The van der Waals surface area contributed by atoms with E-state index in [2.05, 4.69) is 8.92 Å². The van der Waals surface area contributed by atoms with Crippen LogP contribution in [0.1, 0.15) is 0 Å². The summed E-state index contributed by atoms with van der Waals surface area (Å²) in [6, 6.07) is 4.58. The number of hydrogen-bond acceptors (Lipinski definition) is 4. The van der Waals surface area contributed by atoms with Gasteiger partial charge in [-0.2, -0.15) is 17.2 Å². The van der Waals surface area contributed by atoms with Gasteiger partial charge in [0.2, 0.25) is 0 Å². The maximum atomic E-state index is 12.1. The van der Waals surface area contributed by atoms with Gasteiger partial charge < -0.3 is 8.92 Å². The van der Waals surface area contributed by atoms with Crippen molar-refractivity contribution in [1.29, 1.82) is 0 Å². The number of halogens is 3. The van der Waals surface area contributed by atoms with Gasteiger partial charge in [-0.05, 0) is 12.1 Å². The van der Waals surface area contributed by atoms with Crippen LogP contribution >= 0.6 is 0 Å². The summed E-state index contributed by atoms with van der Waals surface area (Å²) in [5.41, 5.74) is 0. The predicted molar refractivity (Wildman–Crippen MR) is 43.7 cm³/mol. The molecular weight excluding hydrogens is 237 g/mol. The van der Waals surface area contributed by atoms with Crippen LogP contribution in [0.2, 0.25) is 0 Å². The first-order chi connectivity index (χ1) is 6.88. The Labute approximate surface area is 83.6 Å². The number of rotatable bonds is 4. The van der Waals surface area contributed by atoms with Crippen LogP contribution in [0.15, 0.2) is 24.3 Å². The lowest BCUT2D eigenvalue weighted by molar-refractivity contribution is -0.0508. The van der Waals surface area contributed by atoms with Gasteiger partial charge in [0.05, 0.1) is 0 Å². The fourth-order valence-corrected chi connectivity index (χ4v) is 1.17. The zero-order chi connectivity index (χ0) is 11.5. The van der Waals surface area contributed by atoms with Gasteiger partial charge in [0.25, 0.3) is 0 Å². The molecule has 15 heavy (non-hydrogen) atoms. The third-order valence-electron chi connectivity index (χ3n) is 1.25. The van der Waals surface area contributed by atoms with Crippen molar-refractivity contribution in [2.45, 2.75) is 6.61 Å². The third-order valence-corrected chi connectivity index (χ3v) is 1.63. The standard InChI is InChI=1S/C7H5F3O4S/c8-7(9)13-5-3-1-2-4-6(5)14-15(10,11)12/h1-4,7H. The summed E-state index contributed by atoms with van der Waals surface area (Å²) < 4.78 is 63.6. The van der Waals surface area contributed by atoms with Crippen LogP contribution in [0.4, 0.5) is 12.7 Å². The highest BCUT2D eigenvalue weighted by Crippen LogP contribution is 2.29. The molecular formula is C7H5F3O4S. The first-order valence-corrected chi connectivity index (χ1v) is 4.87. The predicted octanol–water partition coefficient (Wildman–Crippen LogP) is 1.88. The molecule has 0 N–H and O–H groups in total. The van der Waals surface area contributed by atoms with Crippen molar-refractivity contribution in [2.24, 2.45) is 0 Å². The molecule has 4 nitrogen and oxygen atoms in total. The second-order valence-electron chi connectivity index (χ2n) is 2.30. The van der Waals surface area contributed by atoms with Crippen molar-refractivity contribution in [3.8, 4) is 11.5 Å². The second-order valence-corrected chi connectivity index (χ2v) is 3.25. The maximum absolute atomic E-state index is 12.1. The van der Waals surface area contributed by atoms with E-state index in [-0.39, 0.29) is 0 Å². The molecule has 0 saturated heterocycles. The topological polar surface area (TPSA) is 52.6 Å². The molecule has 1 aromatic carbocycles. The molecule has 8 heteroatoms. The van der Waals surface area contributed by atoms with Crippen LogP contribution in [0.5, 0.6) is 11.5 Å². The van der Waals surface area contributed by atoms with Gasteiger partial charge in [0.15, 0.2) is 11.5 Å². The molecule has 1 rings (SSSR count). The van der Waals surface area contributed by atoms with Crippen molar-refractivity contribution in [3.63, 3.8) is 0 Å². The van der Waals surface area contributed by atoms with E-state index in [1.807, 2.05) is 0 Å². The number of ether oxygens (including phenoxy) is 1. The third kappa shape index (κ3) is 4.07. The highest BCUT2D eigenvalue weighted by molar-refractivity contribution is 7.81. The molecule has 0 aliphatic carbocycles. The monoisotopic (exact) mass is 242 g/mol. The van der Waals surface area contributed by atoms with Crippen LogP contribution in [-0.4, -0.2) is 15.0 Å². The first kappa shape index (κ1) is 11.6. The minimum atomic E-state index is -5.26. The number of alkyl halides is 2. The molecule has 0 heterocycles. The lowest BCUT2D eigenvalue weighted by Crippen LogP contribution is -2.06. The first-order valence-electron chi connectivity index (χ1n) is 3.56. The average molecular weight is 242 g/mol. The molecule has 0 aliphatic heterocycles. The SMILES string of the molecule is O=S(=O)(F)Oc1ccccc1OC(F)F. The largest absolute Gasteiger partial charge is 0.488 e. The van der Waals surface area contributed by atoms with E-state index in [4.69, 9.17) is 0 Å². The summed E-state index contributed by atoms with van der Waals surface area (Å²) in [6.45, 7) is -3.16. The molecule has 0 aliphatic rings. The van der Waals surface area contributed by atoms with E-state index < -0.39 is 28.6 Å². The Morgan fingerprint density at radius 3 is 2.13 bits per heavy atom. The summed E-state index contributed by atoms with van der Waals surface area (Å²) in [6.07, 6.45) is 0. The summed E-state index contributed by atoms with van der Waals surface area (Å²) in [4.78, 5) is 0. The molecule has 1 aromatic rings. The van der Waals surface area contributed by atoms with Gasteiger partial charge >= 0.3 is 17.1 Å². The molecule has 0 fully saturated rings. The molecule has 0 bridgehead atoms. The quantitative estimate of drug-likeness (QED) is 0.756. The fourth-order valence-electron chi connectivity index (χ4n) is 0.820. The molecule has 0 atom stereocenters. The summed E-state index contributed by atoms with van der Waals surface area (Å²) >= 11 is 0. The van der Waals surface area contributed by atoms with Crippen molar-refractivity contribution < 1.29 is 30.0 Å². The number of para-hydroxylation sites is 2. The fraction of sp³-hybridized carbons (Fsp3) is 0.143. The van der Waals surface area contributed by atoms with Gasteiger partial charge in [-0.1, -0.05) is 16.0 Å². The Morgan fingerprint density at radius 2 is 1.67 bits per heavy atom. The van der Waals surface area contributed by atoms with Gasteiger partial charge in [-0.3, -0.25) is 0 Å². The second kappa shape index (κ2) is 4.39. The smallest absolute Gasteiger partial charge is 0.431 e.